The van der Waals surface area contributed by atoms with E-state index < -0.39 is 29.6 Å². The van der Waals surface area contributed by atoms with Crippen LogP contribution in [0.2, 0.25) is 0 Å². The van der Waals surface area contributed by atoms with Gasteiger partial charge in [-0.05, 0) is 67.1 Å². The summed E-state index contributed by atoms with van der Waals surface area (Å²) >= 11 is 0. The van der Waals surface area contributed by atoms with Crippen LogP contribution in [0.1, 0.15) is 32.1 Å². The molecule has 6 rings (SSSR count). The molecule has 3 N–H and O–H groups in total. The van der Waals surface area contributed by atoms with Crippen LogP contribution in [0.3, 0.4) is 0 Å². The average molecular weight is 528 g/mol. The van der Waals surface area contributed by atoms with Crippen molar-refractivity contribution in [3.63, 3.8) is 0 Å². The fourth-order valence-electron chi connectivity index (χ4n) is 6.79. The number of amides is 3. The summed E-state index contributed by atoms with van der Waals surface area (Å²) in [5, 5.41) is 17.3. The molecule has 0 saturated carbocycles. The summed E-state index contributed by atoms with van der Waals surface area (Å²) in [7, 11) is 0. The quantitative estimate of drug-likeness (QED) is 0.365. The normalized spacial score (nSPS) is 27.1. The number of carbonyl (C=O) groups is 3. The molecule has 3 aromatic rings. The SMILES string of the molecule is O=C(Nc1ccc2ccccc2c1)C1N(CCCCCO)C(=O)[C@@H]2[C@H](C(=O)Nc3ccccc3)[C@@H]3CCC12O3. The second kappa shape index (κ2) is 10.4. The Morgan fingerprint density at radius 1 is 0.897 bits per heavy atom. The molecule has 8 nitrogen and oxygen atoms in total. The van der Waals surface area contributed by atoms with Crippen molar-refractivity contribution in [1.29, 1.82) is 0 Å². The Kier molecular flexibility index (Phi) is 6.83. The number of nitrogens with zero attached hydrogens (tertiary/aromatic N) is 1. The standard InChI is InChI=1S/C31H33N3O5/c35-18-8-2-7-17-34-27(29(37)33-23-14-13-20-9-5-6-10-21(20)19-23)31-16-15-24(39-31)25(26(31)30(34)38)28(36)32-22-11-3-1-4-12-22/h1,3-6,9-14,19,24-27,35H,2,7-8,15-18H2,(H,32,36)(H,33,37)/t24-,25+,26-,27?,31?/m0/s1. The maximum Gasteiger partial charge on any atom is 0.250 e. The highest BCUT2D eigenvalue weighted by atomic mass is 16.5. The van der Waals surface area contributed by atoms with Crippen molar-refractivity contribution in [3.05, 3.63) is 72.8 Å². The molecule has 2 bridgehead atoms. The van der Waals surface area contributed by atoms with Gasteiger partial charge in [0.25, 0.3) is 0 Å². The van der Waals surface area contributed by atoms with E-state index >= 15 is 0 Å². The van der Waals surface area contributed by atoms with Crippen molar-refractivity contribution < 1.29 is 24.2 Å². The maximum absolute atomic E-state index is 14.0. The number of carbonyl (C=O) groups excluding carboxylic acids is 3. The first kappa shape index (κ1) is 25.5. The van der Waals surface area contributed by atoms with Crippen LogP contribution in [0.4, 0.5) is 11.4 Å². The van der Waals surface area contributed by atoms with Gasteiger partial charge in [0, 0.05) is 24.5 Å². The molecule has 2 unspecified atom stereocenters. The van der Waals surface area contributed by atoms with E-state index in [4.69, 9.17) is 4.74 Å². The summed E-state index contributed by atoms with van der Waals surface area (Å²) in [4.78, 5) is 43.1. The van der Waals surface area contributed by atoms with E-state index in [-0.39, 0.29) is 24.3 Å². The predicted octanol–water partition coefficient (Wildman–Crippen LogP) is 3.95. The third kappa shape index (κ3) is 4.47. The van der Waals surface area contributed by atoms with Crippen LogP contribution < -0.4 is 10.6 Å². The highest BCUT2D eigenvalue weighted by Crippen LogP contribution is 2.58. The molecule has 202 valence electrons. The number of nitrogens with one attached hydrogen (secondary N) is 2. The number of benzene rings is 3. The van der Waals surface area contributed by atoms with Crippen LogP contribution in [0, 0.1) is 11.8 Å². The van der Waals surface area contributed by atoms with E-state index in [9.17, 15) is 19.5 Å². The molecule has 3 saturated heterocycles. The number of fused-ring (bicyclic) bond motifs is 2. The third-order valence-corrected chi connectivity index (χ3v) is 8.47. The molecule has 0 radical (unpaired) electrons. The zero-order chi connectivity index (χ0) is 27.0. The van der Waals surface area contributed by atoms with Gasteiger partial charge in [-0.1, -0.05) is 48.5 Å². The Balaban J connectivity index is 1.29. The molecular formula is C31H33N3O5. The minimum Gasteiger partial charge on any atom is -0.396 e. The molecule has 0 aromatic heterocycles. The van der Waals surface area contributed by atoms with Crippen molar-refractivity contribution in [1.82, 2.24) is 4.90 Å². The molecule has 3 aliphatic rings. The van der Waals surface area contributed by atoms with Crippen LogP contribution in [-0.2, 0) is 19.1 Å². The van der Waals surface area contributed by atoms with E-state index in [1.165, 1.54) is 0 Å². The van der Waals surface area contributed by atoms with E-state index in [0.29, 0.717) is 43.6 Å². The third-order valence-electron chi connectivity index (χ3n) is 8.47. The van der Waals surface area contributed by atoms with E-state index in [1.54, 1.807) is 4.90 Å². The Labute approximate surface area is 227 Å². The van der Waals surface area contributed by atoms with E-state index in [1.807, 2.05) is 72.8 Å². The Hall–Kier alpha value is -3.75. The van der Waals surface area contributed by atoms with E-state index in [0.717, 1.165) is 17.2 Å². The topological polar surface area (TPSA) is 108 Å². The fraction of sp³-hybridized carbons (Fsp3) is 0.387. The Morgan fingerprint density at radius 3 is 2.44 bits per heavy atom. The first-order valence-electron chi connectivity index (χ1n) is 13.8. The smallest absolute Gasteiger partial charge is 0.250 e. The van der Waals surface area contributed by atoms with Crippen LogP contribution in [0.25, 0.3) is 10.8 Å². The maximum atomic E-state index is 14.0. The highest BCUT2D eigenvalue weighted by molar-refractivity contribution is 6.05. The molecule has 1 spiro atoms. The van der Waals surface area contributed by atoms with Gasteiger partial charge >= 0.3 is 0 Å². The Bertz CT molecular complexity index is 1400. The molecular weight excluding hydrogens is 494 g/mol. The lowest BCUT2D eigenvalue weighted by molar-refractivity contribution is -0.139. The summed E-state index contributed by atoms with van der Waals surface area (Å²) in [6, 6.07) is 22.0. The van der Waals surface area contributed by atoms with Crippen LogP contribution in [0.15, 0.2) is 72.8 Å². The molecule has 39 heavy (non-hydrogen) atoms. The first-order chi connectivity index (χ1) is 19.0. The number of hydrogen-bond donors (Lipinski definition) is 3. The average Bonchev–Trinajstić information content (AvgIpc) is 3.59. The van der Waals surface area contributed by atoms with Crippen LogP contribution in [-0.4, -0.2) is 58.6 Å². The minimum atomic E-state index is -1.04. The number of hydrogen-bond acceptors (Lipinski definition) is 5. The summed E-state index contributed by atoms with van der Waals surface area (Å²) in [5.74, 6) is -2.13. The van der Waals surface area contributed by atoms with Crippen molar-refractivity contribution in [2.24, 2.45) is 11.8 Å². The van der Waals surface area contributed by atoms with Gasteiger partial charge in [-0.25, -0.2) is 0 Å². The van der Waals surface area contributed by atoms with Gasteiger partial charge in [-0.15, -0.1) is 0 Å². The van der Waals surface area contributed by atoms with Crippen molar-refractivity contribution in [2.75, 3.05) is 23.8 Å². The van der Waals surface area contributed by atoms with Crippen molar-refractivity contribution in [2.45, 2.75) is 49.9 Å². The first-order valence-corrected chi connectivity index (χ1v) is 13.8. The second-order valence-corrected chi connectivity index (χ2v) is 10.8. The number of unbranched alkanes of at least 4 members (excludes halogenated alkanes) is 2. The van der Waals surface area contributed by atoms with Gasteiger partial charge in [-0.3, -0.25) is 14.4 Å². The van der Waals surface area contributed by atoms with Gasteiger partial charge in [0.1, 0.15) is 11.6 Å². The summed E-state index contributed by atoms with van der Waals surface area (Å²) in [6.07, 6.45) is 2.78. The lowest BCUT2D eigenvalue weighted by atomic mass is 9.70. The van der Waals surface area contributed by atoms with E-state index in [2.05, 4.69) is 10.6 Å². The minimum absolute atomic E-state index is 0.0823. The molecule has 5 atom stereocenters. The van der Waals surface area contributed by atoms with Crippen molar-refractivity contribution in [3.8, 4) is 0 Å². The number of likely N-dealkylation sites (tertiary alicyclic amines) is 1. The zero-order valence-electron chi connectivity index (χ0n) is 21.7. The molecule has 3 aliphatic heterocycles. The Morgan fingerprint density at radius 2 is 1.64 bits per heavy atom. The highest BCUT2D eigenvalue weighted by Gasteiger charge is 2.74. The molecule has 3 aromatic carbocycles. The van der Waals surface area contributed by atoms with Gasteiger partial charge < -0.3 is 25.4 Å². The van der Waals surface area contributed by atoms with Gasteiger partial charge in [0.15, 0.2) is 0 Å². The summed E-state index contributed by atoms with van der Waals surface area (Å²) in [5.41, 5.74) is 0.270. The lowest BCUT2D eigenvalue weighted by Gasteiger charge is -2.33. The number of ether oxygens (including phenoxy) is 1. The van der Waals surface area contributed by atoms with Gasteiger partial charge in [0.05, 0.1) is 17.9 Å². The predicted molar refractivity (Wildman–Crippen MR) is 148 cm³/mol. The number of rotatable bonds is 9. The molecule has 0 aliphatic carbocycles. The number of aliphatic hydroxyl groups is 1. The molecule has 3 fully saturated rings. The van der Waals surface area contributed by atoms with Crippen LogP contribution >= 0.6 is 0 Å². The number of para-hydroxylation sites is 1. The van der Waals surface area contributed by atoms with Crippen molar-refractivity contribution >= 4 is 39.9 Å². The van der Waals surface area contributed by atoms with Gasteiger partial charge in [0.2, 0.25) is 17.7 Å². The molecule has 3 heterocycles. The molecule has 3 amide bonds. The summed E-state index contributed by atoms with van der Waals surface area (Å²) < 4.78 is 6.50. The summed E-state index contributed by atoms with van der Waals surface area (Å²) in [6.45, 7) is 0.451. The van der Waals surface area contributed by atoms with Gasteiger partial charge in [-0.2, -0.15) is 0 Å². The number of anilines is 2. The number of aliphatic hydroxyl groups excluding tert-OH is 1. The fourth-order valence-corrected chi connectivity index (χ4v) is 6.79. The largest absolute Gasteiger partial charge is 0.396 e. The lowest BCUT2D eigenvalue weighted by Crippen LogP contribution is -2.53. The van der Waals surface area contributed by atoms with Crippen LogP contribution in [0.5, 0.6) is 0 Å². The monoisotopic (exact) mass is 527 g/mol. The second-order valence-electron chi connectivity index (χ2n) is 10.8. The zero-order valence-corrected chi connectivity index (χ0v) is 21.7. The molecule has 8 heteroatoms.